The summed E-state index contributed by atoms with van der Waals surface area (Å²) in [5, 5.41) is 1.04. The molecule has 4 rings (SSSR count). The van der Waals surface area contributed by atoms with E-state index in [1.165, 1.54) is 18.4 Å². The van der Waals surface area contributed by atoms with Crippen LogP contribution in [-0.4, -0.2) is 48.5 Å². The normalized spacial score (nSPS) is 18.6. The summed E-state index contributed by atoms with van der Waals surface area (Å²) in [7, 11) is 0. The number of likely N-dealkylation sites (N-methyl/N-ethyl adjacent to an activating group) is 1. The number of amides is 1. The van der Waals surface area contributed by atoms with E-state index < -0.39 is 0 Å². The topological polar surface area (TPSA) is 37.6 Å². The van der Waals surface area contributed by atoms with Crippen LogP contribution >= 0.6 is 0 Å². The highest BCUT2D eigenvalue weighted by Gasteiger charge is 2.28. The molecule has 1 fully saturated rings. The molecule has 0 unspecified atom stereocenters. The third-order valence-electron chi connectivity index (χ3n) is 5.64. The molecule has 1 aliphatic carbocycles. The maximum absolute atomic E-state index is 13.4. The number of hydrogen-bond acceptors (Lipinski definition) is 2. The first-order valence-corrected chi connectivity index (χ1v) is 9.31. The van der Waals surface area contributed by atoms with Gasteiger partial charge < -0.3 is 9.80 Å². The molecule has 126 valence electrons. The average Bonchev–Trinajstić information content (AvgIpc) is 2.65. The van der Waals surface area contributed by atoms with Crippen LogP contribution in [0.15, 0.2) is 24.3 Å². The van der Waals surface area contributed by atoms with E-state index in [-0.39, 0.29) is 5.91 Å². The van der Waals surface area contributed by atoms with E-state index in [1.54, 1.807) is 4.90 Å². The van der Waals surface area contributed by atoms with Crippen molar-refractivity contribution in [3.8, 4) is 0 Å². The number of fused-ring (bicyclic) bond motifs is 2. The lowest BCUT2D eigenvalue weighted by molar-refractivity contribution is -0.902. The van der Waals surface area contributed by atoms with Gasteiger partial charge in [0.05, 0.1) is 43.8 Å². The summed E-state index contributed by atoms with van der Waals surface area (Å²) in [4.78, 5) is 21.9. The number of rotatable bonds is 2. The molecular weight excluding hydrogens is 298 g/mol. The summed E-state index contributed by atoms with van der Waals surface area (Å²) < 4.78 is 0. The van der Waals surface area contributed by atoms with Gasteiger partial charge in [0.1, 0.15) is 0 Å². The lowest BCUT2D eigenvalue weighted by Crippen LogP contribution is -3.14. The van der Waals surface area contributed by atoms with E-state index in [9.17, 15) is 4.79 Å². The van der Waals surface area contributed by atoms with E-state index in [2.05, 4.69) is 17.9 Å². The van der Waals surface area contributed by atoms with Crippen molar-refractivity contribution < 1.29 is 9.69 Å². The quantitative estimate of drug-likeness (QED) is 0.908. The minimum Gasteiger partial charge on any atom is -0.332 e. The predicted molar refractivity (Wildman–Crippen MR) is 95.5 cm³/mol. The van der Waals surface area contributed by atoms with E-state index >= 15 is 0 Å². The van der Waals surface area contributed by atoms with Gasteiger partial charge in [0.25, 0.3) is 5.91 Å². The standard InChI is InChI=1S/C20H25N3O/c1-2-22-11-13-23(14-12-22)20(24)19-15-7-3-5-9-17(15)21-18-10-6-4-8-16(18)19/h3,5,7,9H,2,4,6,8,10-14H2,1H3/p+1. The van der Waals surface area contributed by atoms with Crippen LogP contribution in [0.25, 0.3) is 10.9 Å². The summed E-state index contributed by atoms with van der Waals surface area (Å²) in [6, 6.07) is 8.15. The van der Waals surface area contributed by atoms with Gasteiger partial charge in [0, 0.05) is 11.1 Å². The van der Waals surface area contributed by atoms with Gasteiger partial charge >= 0.3 is 0 Å². The highest BCUT2D eigenvalue weighted by atomic mass is 16.2. The second-order valence-electron chi connectivity index (χ2n) is 7.03. The number of quaternary nitrogens is 1. The summed E-state index contributed by atoms with van der Waals surface area (Å²) >= 11 is 0. The monoisotopic (exact) mass is 324 g/mol. The molecule has 2 aliphatic rings. The predicted octanol–water partition coefficient (Wildman–Crippen LogP) is 1.47. The fraction of sp³-hybridized carbons (Fsp3) is 0.500. The van der Waals surface area contributed by atoms with Crippen LogP contribution in [0.1, 0.15) is 41.4 Å². The average molecular weight is 324 g/mol. The molecule has 4 heteroatoms. The molecule has 0 bridgehead atoms. The number of nitrogens with zero attached hydrogens (tertiary/aromatic N) is 2. The zero-order chi connectivity index (χ0) is 16.5. The van der Waals surface area contributed by atoms with Crippen LogP contribution in [0.4, 0.5) is 0 Å². The van der Waals surface area contributed by atoms with E-state index in [0.717, 1.165) is 67.7 Å². The molecule has 1 amide bonds. The number of pyridine rings is 1. The van der Waals surface area contributed by atoms with Crippen molar-refractivity contribution in [3.63, 3.8) is 0 Å². The molecule has 1 aromatic heterocycles. The first kappa shape index (κ1) is 15.6. The van der Waals surface area contributed by atoms with Crippen molar-refractivity contribution in [2.45, 2.75) is 32.6 Å². The Kier molecular flexibility index (Phi) is 4.23. The minimum atomic E-state index is 0.224. The zero-order valence-corrected chi connectivity index (χ0v) is 14.5. The van der Waals surface area contributed by atoms with Crippen molar-refractivity contribution in [1.29, 1.82) is 0 Å². The van der Waals surface area contributed by atoms with Crippen LogP contribution in [0.3, 0.4) is 0 Å². The maximum Gasteiger partial charge on any atom is 0.255 e. The minimum absolute atomic E-state index is 0.224. The van der Waals surface area contributed by atoms with Crippen LogP contribution in [0.2, 0.25) is 0 Å². The number of nitrogens with one attached hydrogen (secondary N) is 1. The molecule has 24 heavy (non-hydrogen) atoms. The number of para-hydroxylation sites is 1. The first-order valence-electron chi connectivity index (χ1n) is 9.31. The lowest BCUT2D eigenvalue weighted by Gasteiger charge is -2.32. The molecule has 0 spiro atoms. The molecule has 1 aromatic carbocycles. The van der Waals surface area contributed by atoms with Gasteiger partial charge in [-0.2, -0.15) is 0 Å². The molecule has 1 saturated heterocycles. The van der Waals surface area contributed by atoms with E-state index in [1.807, 2.05) is 18.2 Å². The molecule has 1 N–H and O–H groups in total. The van der Waals surface area contributed by atoms with Crippen molar-refractivity contribution in [2.75, 3.05) is 32.7 Å². The Bertz CT molecular complexity index is 763. The first-order chi connectivity index (χ1) is 11.8. The van der Waals surface area contributed by atoms with Crippen molar-refractivity contribution >= 4 is 16.8 Å². The van der Waals surface area contributed by atoms with E-state index in [4.69, 9.17) is 4.98 Å². The van der Waals surface area contributed by atoms with E-state index in [0.29, 0.717) is 0 Å². The number of carbonyl (C=O) groups excluding carboxylic acids is 1. The van der Waals surface area contributed by atoms with Crippen molar-refractivity contribution in [2.24, 2.45) is 0 Å². The lowest BCUT2D eigenvalue weighted by atomic mass is 9.89. The second-order valence-corrected chi connectivity index (χ2v) is 7.03. The Labute approximate surface area is 143 Å². The Hall–Kier alpha value is -1.94. The SMILES string of the molecule is CC[NH+]1CCN(C(=O)c2c3c(nc4ccccc24)CCCC3)CC1. The fourth-order valence-electron chi connectivity index (χ4n) is 4.15. The number of aromatic nitrogens is 1. The molecule has 1 aliphatic heterocycles. The molecule has 4 nitrogen and oxygen atoms in total. The summed E-state index contributed by atoms with van der Waals surface area (Å²) in [5.74, 6) is 0.224. The van der Waals surface area contributed by atoms with Gasteiger partial charge in [0.15, 0.2) is 0 Å². The summed E-state index contributed by atoms with van der Waals surface area (Å²) in [5.41, 5.74) is 4.28. The Morgan fingerprint density at radius 1 is 1.17 bits per heavy atom. The smallest absolute Gasteiger partial charge is 0.255 e. The highest BCUT2D eigenvalue weighted by molar-refractivity contribution is 6.07. The molecule has 2 aromatic rings. The van der Waals surface area contributed by atoms with Crippen molar-refractivity contribution in [3.05, 3.63) is 41.1 Å². The maximum atomic E-state index is 13.4. The largest absolute Gasteiger partial charge is 0.332 e. The van der Waals surface area contributed by atoms with Gasteiger partial charge in [-0.15, -0.1) is 0 Å². The van der Waals surface area contributed by atoms with Crippen LogP contribution in [0, 0.1) is 0 Å². The molecular formula is C20H26N3O+. The number of carbonyl (C=O) groups is 1. The Morgan fingerprint density at radius 3 is 2.71 bits per heavy atom. The Morgan fingerprint density at radius 2 is 1.92 bits per heavy atom. The summed E-state index contributed by atoms with van der Waals surface area (Å²) in [6.45, 7) is 7.23. The van der Waals surface area contributed by atoms with Gasteiger partial charge in [-0.25, -0.2) is 0 Å². The van der Waals surface area contributed by atoms with Gasteiger partial charge in [-0.05, 0) is 44.2 Å². The van der Waals surface area contributed by atoms with Crippen LogP contribution in [-0.2, 0) is 12.8 Å². The Balaban J connectivity index is 1.76. The van der Waals surface area contributed by atoms with Gasteiger partial charge in [0.2, 0.25) is 0 Å². The number of benzene rings is 1. The summed E-state index contributed by atoms with van der Waals surface area (Å²) in [6.07, 6.45) is 4.36. The zero-order valence-electron chi connectivity index (χ0n) is 14.5. The number of hydrogen-bond donors (Lipinski definition) is 1. The van der Waals surface area contributed by atoms with Crippen molar-refractivity contribution in [1.82, 2.24) is 9.88 Å². The highest BCUT2D eigenvalue weighted by Crippen LogP contribution is 2.30. The molecule has 0 radical (unpaired) electrons. The molecule has 2 heterocycles. The molecule has 0 saturated carbocycles. The van der Waals surface area contributed by atoms with Gasteiger partial charge in [-0.1, -0.05) is 18.2 Å². The van der Waals surface area contributed by atoms with Crippen LogP contribution < -0.4 is 4.90 Å². The van der Waals surface area contributed by atoms with Crippen LogP contribution in [0.5, 0.6) is 0 Å². The number of aryl methyl sites for hydroxylation is 1. The second kappa shape index (κ2) is 6.52. The fourth-order valence-corrected chi connectivity index (χ4v) is 4.15. The number of piperazine rings is 1. The third-order valence-corrected chi connectivity index (χ3v) is 5.64. The molecule has 0 atom stereocenters. The van der Waals surface area contributed by atoms with Gasteiger partial charge in [-0.3, -0.25) is 9.78 Å². The third kappa shape index (κ3) is 2.69.